The molecule has 2 aromatic heterocycles. The van der Waals surface area contributed by atoms with Crippen LogP contribution in [0.4, 0.5) is 0 Å². The third kappa shape index (κ3) is 2.34. The number of aromatic nitrogens is 4. The van der Waals surface area contributed by atoms with Gasteiger partial charge in [-0.2, -0.15) is 9.94 Å². The van der Waals surface area contributed by atoms with Gasteiger partial charge in [0.15, 0.2) is 5.69 Å². The van der Waals surface area contributed by atoms with E-state index in [0.29, 0.717) is 11.6 Å². The summed E-state index contributed by atoms with van der Waals surface area (Å²) >= 11 is 1.69. The molecule has 0 atom stereocenters. The summed E-state index contributed by atoms with van der Waals surface area (Å²) in [7, 11) is 0. The molecule has 5 nitrogen and oxygen atoms in total. The highest BCUT2D eigenvalue weighted by Crippen LogP contribution is 2.29. The zero-order chi connectivity index (χ0) is 14.1. The molecule has 2 heterocycles. The Morgan fingerprint density at radius 1 is 1.35 bits per heavy atom. The van der Waals surface area contributed by atoms with Gasteiger partial charge in [0.1, 0.15) is 6.07 Å². The molecule has 0 radical (unpaired) electrons. The van der Waals surface area contributed by atoms with Crippen molar-refractivity contribution in [2.24, 2.45) is 5.92 Å². The first-order valence-electron chi connectivity index (χ1n) is 7.02. The van der Waals surface area contributed by atoms with E-state index < -0.39 is 0 Å². The van der Waals surface area contributed by atoms with E-state index in [0.717, 1.165) is 30.1 Å². The minimum Gasteiger partial charge on any atom is -0.223 e. The van der Waals surface area contributed by atoms with Crippen molar-refractivity contribution in [3.8, 4) is 11.2 Å². The summed E-state index contributed by atoms with van der Waals surface area (Å²) in [5.74, 6) is 0.453. The van der Waals surface area contributed by atoms with E-state index in [1.54, 1.807) is 16.0 Å². The van der Waals surface area contributed by atoms with Crippen LogP contribution in [0.1, 0.15) is 48.6 Å². The summed E-state index contributed by atoms with van der Waals surface area (Å²) in [4.78, 5) is 6.08. The molecule has 104 valence electrons. The van der Waals surface area contributed by atoms with Crippen LogP contribution in [-0.4, -0.2) is 20.0 Å². The lowest BCUT2D eigenvalue weighted by Gasteiger charge is -2.06. The third-order valence-electron chi connectivity index (χ3n) is 3.49. The second kappa shape index (κ2) is 5.33. The zero-order valence-corrected chi connectivity index (χ0v) is 12.6. The Kier molecular flexibility index (Phi) is 3.53. The normalized spacial score (nSPS) is 14.3. The maximum atomic E-state index is 9.17. The minimum absolute atomic E-state index is 0.423. The summed E-state index contributed by atoms with van der Waals surface area (Å²) in [5.41, 5.74) is 2.52. The van der Waals surface area contributed by atoms with E-state index >= 15 is 0 Å². The number of fused-ring (bicyclic) bond motifs is 1. The molecular formula is C14H17N5S. The second-order valence-electron chi connectivity index (χ2n) is 5.58. The van der Waals surface area contributed by atoms with Crippen LogP contribution >= 0.6 is 11.3 Å². The second-order valence-corrected chi connectivity index (χ2v) is 6.64. The van der Waals surface area contributed by atoms with Crippen LogP contribution in [0.25, 0.3) is 5.13 Å². The highest BCUT2D eigenvalue weighted by molar-refractivity contribution is 7.14. The van der Waals surface area contributed by atoms with Crippen LogP contribution in [-0.2, 0) is 19.3 Å². The van der Waals surface area contributed by atoms with Crippen LogP contribution in [0, 0.1) is 17.2 Å². The fraction of sp³-hybridized carbons (Fsp3) is 0.571. The average molecular weight is 287 g/mol. The van der Waals surface area contributed by atoms with Gasteiger partial charge in [0.05, 0.1) is 11.4 Å². The van der Waals surface area contributed by atoms with Gasteiger partial charge >= 0.3 is 0 Å². The summed E-state index contributed by atoms with van der Waals surface area (Å²) in [6.07, 6.45) is 5.43. The molecule has 0 saturated carbocycles. The number of nitrogens with zero attached hydrogens (tertiary/aromatic N) is 5. The van der Waals surface area contributed by atoms with Gasteiger partial charge in [-0.25, -0.2) is 4.98 Å². The fourth-order valence-corrected chi connectivity index (χ4v) is 3.66. The Morgan fingerprint density at radius 2 is 2.15 bits per heavy atom. The molecule has 0 amide bonds. The van der Waals surface area contributed by atoms with E-state index in [1.165, 1.54) is 23.4 Å². The van der Waals surface area contributed by atoms with Crippen molar-refractivity contribution in [1.29, 1.82) is 5.26 Å². The van der Waals surface area contributed by atoms with E-state index in [9.17, 15) is 5.26 Å². The number of hydrogen-bond acceptors (Lipinski definition) is 5. The molecule has 0 bridgehead atoms. The van der Waals surface area contributed by atoms with Gasteiger partial charge in [0.25, 0.3) is 0 Å². The summed E-state index contributed by atoms with van der Waals surface area (Å²) in [6, 6.07) is 2.14. The number of hydrogen-bond donors (Lipinski definition) is 0. The molecule has 0 fully saturated rings. The minimum atomic E-state index is 0.423. The molecule has 1 aliphatic carbocycles. The van der Waals surface area contributed by atoms with Crippen molar-refractivity contribution in [2.75, 3.05) is 0 Å². The maximum absolute atomic E-state index is 9.17. The number of rotatable bonds is 3. The summed E-state index contributed by atoms with van der Waals surface area (Å²) in [5, 5.41) is 18.2. The molecule has 1 aliphatic rings. The van der Waals surface area contributed by atoms with Crippen molar-refractivity contribution < 1.29 is 0 Å². The molecular weight excluding hydrogens is 270 g/mol. The Morgan fingerprint density at radius 3 is 2.85 bits per heavy atom. The van der Waals surface area contributed by atoms with Crippen molar-refractivity contribution >= 4 is 11.3 Å². The Bertz CT molecular complexity index is 638. The molecule has 0 spiro atoms. The lowest BCUT2D eigenvalue weighted by atomic mass is 10.0. The molecule has 3 rings (SSSR count). The molecule has 0 aliphatic heterocycles. The molecule has 0 aromatic carbocycles. The van der Waals surface area contributed by atoms with Crippen molar-refractivity contribution in [3.63, 3.8) is 0 Å². The van der Waals surface area contributed by atoms with Crippen LogP contribution in [0.2, 0.25) is 0 Å². The number of nitriles is 1. The SMILES string of the molecule is CC(C)Cc1c(C#N)nnn1-c1nc2c(s1)CCCC2. The molecule has 2 aromatic rings. The molecule has 0 saturated heterocycles. The summed E-state index contributed by atoms with van der Waals surface area (Å²) < 4.78 is 1.77. The summed E-state index contributed by atoms with van der Waals surface area (Å²) in [6.45, 7) is 4.26. The monoisotopic (exact) mass is 287 g/mol. The van der Waals surface area contributed by atoms with Gasteiger partial charge in [-0.05, 0) is 38.0 Å². The topological polar surface area (TPSA) is 67.4 Å². The lowest BCUT2D eigenvalue weighted by molar-refractivity contribution is 0.612. The fourth-order valence-electron chi connectivity index (χ4n) is 2.54. The van der Waals surface area contributed by atoms with E-state index in [4.69, 9.17) is 4.98 Å². The predicted molar refractivity (Wildman–Crippen MR) is 76.9 cm³/mol. The first kappa shape index (κ1) is 13.3. The first-order valence-corrected chi connectivity index (χ1v) is 7.84. The van der Waals surface area contributed by atoms with Crippen molar-refractivity contribution in [3.05, 3.63) is 22.0 Å². The highest BCUT2D eigenvalue weighted by Gasteiger charge is 2.21. The van der Waals surface area contributed by atoms with Gasteiger partial charge in [0, 0.05) is 4.88 Å². The van der Waals surface area contributed by atoms with Gasteiger partial charge < -0.3 is 0 Å². The molecule has 0 N–H and O–H groups in total. The number of thiazole rings is 1. The predicted octanol–water partition coefficient (Wildman–Crippen LogP) is 2.67. The molecule has 0 unspecified atom stereocenters. The Hall–Kier alpha value is -1.74. The van der Waals surface area contributed by atoms with E-state index in [1.807, 2.05) is 0 Å². The van der Waals surface area contributed by atoms with E-state index in [2.05, 4.69) is 30.2 Å². The molecule has 6 heteroatoms. The van der Waals surface area contributed by atoms with Gasteiger partial charge in [-0.3, -0.25) is 0 Å². The Balaban J connectivity index is 2.03. The quantitative estimate of drug-likeness (QED) is 0.870. The molecule has 20 heavy (non-hydrogen) atoms. The zero-order valence-electron chi connectivity index (χ0n) is 11.8. The smallest absolute Gasteiger partial charge is 0.212 e. The van der Waals surface area contributed by atoms with Crippen LogP contribution in [0.5, 0.6) is 0 Å². The van der Waals surface area contributed by atoms with E-state index in [-0.39, 0.29) is 0 Å². The lowest BCUT2D eigenvalue weighted by Crippen LogP contribution is -2.06. The average Bonchev–Trinajstić information content (AvgIpc) is 3.00. The Labute approximate surface area is 122 Å². The van der Waals surface area contributed by atoms with Crippen LogP contribution < -0.4 is 0 Å². The van der Waals surface area contributed by atoms with Crippen LogP contribution in [0.15, 0.2) is 0 Å². The van der Waals surface area contributed by atoms with Gasteiger partial charge in [-0.1, -0.05) is 30.4 Å². The van der Waals surface area contributed by atoms with Crippen LogP contribution in [0.3, 0.4) is 0 Å². The van der Waals surface area contributed by atoms with Gasteiger partial charge in [0.2, 0.25) is 5.13 Å². The number of aryl methyl sites for hydroxylation is 2. The highest BCUT2D eigenvalue weighted by atomic mass is 32.1. The van der Waals surface area contributed by atoms with Crippen molar-refractivity contribution in [1.82, 2.24) is 20.0 Å². The first-order chi connectivity index (χ1) is 9.69. The third-order valence-corrected chi connectivity index (χ3v) is 4.62. The van der Waals surface area contributed by atoms with Gasteiger partial charge in [-0.15, -0.1) is 5.10 Å². The largest absolute Gasteiger partial charge is 0.223 e. The maximum Gasteiger partial charge on any atom is 0.212 e. The van der Waals surface area contributed by atoms with Crippen molar-refractivity contribution in [2.45, 2.75) is 46.0 Å². The standard InChI is InChI=1S/C14H17N5S/c1-9(2)7-12-11(8-15)17-18-19(12)14-16-10-5-3-4-6-13(10)20-14/h9H,3-7H2,1-2H3.